The molecule has 2 nitrogen and oxygen atoms in total. The van der Waals surface area contributed by atoms with Crippen molar-refractivity contribution in [3.63, 3.8) is 0 Å². The van der Waals surface area contributed by atoms with E-state index in [1.54, 1.807) is 0 Å². The van der Waals surface area contributed by atoms with Gasteiger partial charge in [0.15, 0.2) is 0 Å². The number of unbranched alkanes of at least 4 members (excludes halogenated alkanes) is 9. The topological polar surface area (TPSA) is 24.1 Å². The molecule has 0 bridgehead atoms. The maximum atomic E-state index is 3.52. The molecule has 0 aromatic heterocycles. The minimum absolute atomic E-state index is 1.00. The Bertz CT molecular complexity index is 324. The summed E-state index contributed by atoms with van der Waals surface area (Å²) in [6.07, 6.45) is 14.1. The Kier molecular flexibility index (Phi) is 12.9. The predicted molar refractivity (Wildman–Crippen MR) is 99.6 cm³/mol. The standard InChI is InChI=1S/C20H36N2/c1-2-3-4-5-6-7-8-9-10-14-17-21-18-19-22-20-15-12-11-13-16-20/h11-13,15-16,21-22H,2-10,14,17-19H2,1H3. The molecular formula is C20H36N2. The monoisotopic (exact) mass is 304 g/mol. The quantitative estimate of drug-likeness (QED) is 0.412. The summed E-state index contributed by atoms with van der Waals surface area (Å²) in [7, 11) is 0. The van der Waals surface area contributed by atoms with Gasteiger partial charge in [-0.1, -0.05) is 82.9 Å². The van der Waals surface area contributed by atoms with Crippen molar-refractivity contribution in [1.82, 2.24) is 5.32 Å². The lowest BCUT2D eigenvalue weighted by molar-refractivity contribution is 0.546. The minimum Gasteiger partial charge on any atom is -0.384 e. The van der Waals surface area contributed by atoms with Crippen LogP contribution in [0.15, 0.2) is 30.3 Å². The summed E-state index contributed by atoms with van der Waals surface area (Å²) in [5.74, 6) is 0. The van der Waals surface area contributed by atoms with Crippen LogP contribution in [0.4, 0.5) is 5.69 Å². The van der Waals surface area contributed by atoms with Gasteiger partial charge in [-0.25, -0.2) is 0 Å². The fourth-order valence-corrected chi connectivity index (χ4v) is 2.71. The number of benzene rings is 1. The molecule has 0 aliphatic carbocycles. The second-order valence-corrected chi connectivity index (χ2v) is 6.22. The third-order valence-corrected chi connectivity index (χ3v) is 4.11. The van der Waals surface area contributed by atoms with Crippen molar-refractivity contribution in [3.8, 4) is 0 Å². The molecule has 1 aromatic rings. The van der Waals surface area contributed by atoms with Gasteiger partial charge >= 0.3 is 0 Å². The summed E-state index contributed by atoms with van der Waals surface area (Å²) in [4.78, 5) is 0. The number of anilines is 1. The predicted octanol–water partition coefficient (Wildman–Crippen LogP) is 5.61. The van der Waals surface area contributed by atoms with E-state index >= 15 is 0 Å². The Balaban J connectivity index is 1.73. The molecule has 1 aromatic carbocycles. The van der Waals surface area contributed by atoms with E-state index in [9.17, 15) is 0 Å². The van der Waals surface area contributed by atoms with Crippen LogP contribution in [0.3, 0.4) is 0 Å². The second kappa shape index (κ2) is 14.9. The zero-order valence-electron chi connectivity index (χ0n) is 14.6. The van der Waals surface area contributed by atoms with Gasteiger partial charge < -0.3 is 10.6 Å². The maximum Gasteiger partial charge on any atom is 0.0340 e. The van der Waals surface area contributed by atoms with Gasteiger partial charge in [0.05, 0.1) is 0 Å². The number of hydrogen-bond donors (Lipinski definition) is 2. The third-order valence-electron chi connectivity index (χ3n) is 4.11. The zero-order chi connectivity index (χ0) is 15.7. The van der Waals surface area contributed by atoms with E-state index < -0.39 is 0 Å². The molecule has 0 heterocycles. The fraction of sp³-hybridized carbons (Fsp3) is 0.700. The molecule has 0 amide bonds. The summed E-state index contributed by atoms with van der Waals surface area (Å²) in [6.45, 7) is 5.49. The van der Waals surface area contributed by atoms with Gasteiger partial charge in [0.25, 0.3) is 0 Å². The largest absolute Gasteiger partial charge is 0.384 e. The van der Waals surface area contributed by atoms with Crippen LogP contribution < -0.4 is 10.6 Å². The van der Waals surface area contributed by atoms with E-state index in [1.165, 1.54) is 69.9 Å². The van der Waals surface area contributed by atoms with Crippen LogP contribution in [0, 0.1) is 0 Å². The average Bonchev–Trinajstić information content (AvgIpc) is 2.56. The third kappa shape index (κ3) is 11.6. The molecule has 0 aliphatic rings. The highest BCUT2D eigenvalue weighted by Gasteiger charge is 1.93. The minimum atomic E-state index is 1.00. The Morgan fingerprint density at radius 3 is 1.86 bits per heavy atom. The molecule has 2 heteroatoms. The van der Waals surface area contributed by atoms with Gasteiger partial charge in [0.2, 0.25) is 0 Å². The van der Waals surface area contributed by atoms with Crippen molar-refractivity contribution in [2.45, 2.75) is 71.1 Å². The molecule has 126 valence electrons. The number of para-hydroxylation sites is 1. The molecule has 0 unspecified atom stereocenters. The molecule has 0 spiro atoms. The van der Waals surface area contributed by atoms with Crippen LogP contribution in [-0.2, 0) is 0 Å². The van der Waals surface area contributed by atoms with E-state index in [1.807, 2.05) is 0 Å². The first-order valence-electron chi connectivity index (χ1n) is 9.43. The van der Waals surface area contributed by atoms with Crippen LogP contribution in [0.2, 0.25) is 0 Å². The van der Waals surface area contributed by atoms with Crippen molar-refractivity contribution in [2.24, 2.45) is 0 Å². The van der Waals surface area contributed by atoms with Gasteiger partial charge in [-0.2, -0.15) is 0 Å². The van der Waals surface area contributed by atoms with Crippen LogP contribution in [-0.4, -0.2) is 19.6 Å². The first-order valence-corrected chi connectivity index (χ1v) is 9.43. The summed E-state index contributed by atoms with van der Waals surface area (Å²) < 4.78 is 0. The molecule has 0 radical (unpaired) electrons. The molecular weight excluding hydrogens is 268 g/mol. The van der Waals surface area contributed by atoms with Crippen molar-refractivity contribution < 1.29 is 0 Å². The van der Waals surface area contributed by atoms with Crippen LogP contribution >= 0.6 is 0 Å². The van der Waals surface area contributed by atoms with Gasteiger partial charge in [-0.05, 0) is 25.1 Å². The van der Waals surface area contributed by atoms with Crippen molar-refractivity contribution in [2.75, 3.05) is 25.0 Å². The zero-order valence-corrected chi connectivity index (χ0v) is 14.6. The highest BCUT2D eigenvalue weighted by Crippen LogP contribution is 2.10. The lowest BCUT2D eigenvalue weighted by Crippen LogP contribution is -2.23. The van der Waals surface area contributed by atoms with Gasteiger partial charge in [0.1, 0.15) is 0 Å². The number of hydrogen-bond acceptors (Lipinski definition) is 2. The molecule has 0 aliphatic heterocycles. The van der Waals surface area contributed by atoms with Crippen LogP contribution in [0.1, 0.15) is 71.1 Å². The number of rotatable bonds is 15. The van der Waals surface area contributed by atoms with Gasteiger partial charge in [-0.15, -0.1) is 0 Å². The van der Waals surface area contributed by atoms with Crippen molar-refractivity contribution >= 4 is 5.69 Å². The SMILES string of the molecule is CCCCCCCCCCCCNCCNc1ccccc1. The van der Waals surface area contributed by atoms with Gasteiger partial charge in [-0.3, -0.25) is 0 Å². The molecule has 0 fully saturated rings. The van der Waals surface area contributed by atoms with Crippen molar-refractivity contribution in [3.05, 3.63) is 30.3 Å². The van der Waals surface area contributed by atoms with E-state index in [0.29, 0.717) is 0 Å². The highest BCUT2D eigenvalue weighted by molar-refractivity contribution is 5.42. The fourth-order valence-electron chi connectivity index (χ4n) is 2.71. The first kappa shape index (κ1) is 19.0. The average molecular weight is 305 g/mol. The molecule has 2 N–H and O–H groups in total. The van der Waals surface area contributed by atoms with E-state index in [4.69, 9.17) is 0 Å². The lowest BCUT2D eigenvalue weighted by atomic mass is 10.1. The van der Waals surface area contributed by atoms with E-state index in [-0.39, 0.29) is 0 Å². The Morgan fingerprint density at radius 2 is 1.23 bits per heavy atom. The molecule has 22 heavy (non-hydrogen) atoms. The number of nitrogens with one attached hydrogen (secondary N) is 2. The first-order chi connectivity index (χ1) is 10.9. The summed E-state index contributed by atoms with van der Waals surface area (Å²) in [6, 6.07) is 10.4. The van der Waals surface area contributed by atoms with Gasteiger partial charge in [0, 0.05) is 18.8 Å². The highest BCUT2D eigenvalue weighted by atomic mass is 14.9. The molecule has 0 saturated heterocycles. The summed E-state index contributed by atoms with van der Waals surface area (Å²) in [5.41, 5.74) is 1.21. The molecule has 1 rings (SSSR count). The lowest BCUT2D eigenvalue weighted by Gasteiger charge is -2.07. The van der Waals surface area contributed by atoms with E-state index in [0.717, 1.165) is 19.6 Å². The Morgan fingerprint density at radius 1 is 0.636 bits per heavy atom. The van der Waals surface area contributed by atoms with Crippen LogP contribution in [0.5, 0.6) is 0 Å². The normalized spacial score (nSPS) is 10.8. The second-order valence-electron chi connectivity index (χ2n) is 6.22. The summed E-state index contributed by atoms with van der Waals surface area (Å²) in [5, 5.41) is 6.94. The Labute approximate surface area is 138 Å². The summed E-state index contributed by atoms with van der Waals surface area (Å²) >= 11 is 0. The molecule has 0 atom stereocenters. The smallest absolute Gasteiger partial charge is 0.0340 e. The van der Waals surface area contributed by atoms with Crippen LogP contribution in [0.25, 0.3) is 0 Å². The van der Waals surface area contributed by atoms with Crippen molar-refractivity contribution in [1.29, 1.82) is 0 Å². The van der Waals surface area contributed by atoms with E-state index in [2.05, 4.69) is 47.9 Å². The maximum absolute atomic E-state index is 3.52. The Hall–Kier alpha value is -1.02. The molecule has 0 saturated carbocycles.